The van der Waals surface area contributed by atoms with Gasteiger partial charge in [0.05, 0.1) is 11.0 Å². The number of carbonyl (C=O) groups excluding carboxylic acids is 1. The number of halogens is 1. The lowest BCUT2D eigenvalue weighted by atomic mass is 10.2. The van der Waals surface area contributed by atoms with E-state index in [1.807, 2.05) is 47.0 Å². The minimum absolute atomic E-state index is 0.0743. The molecule has 204 valence electrons. The molecule has 0 unspecified atom stereocenters. The number of fused-ring (bicyclic) bond motifs is 1. The number of benzene rings is 3. The van der Waals surface area contributed by atoms with E-state index in [1.54, 1.807) is 18.5 Å². The van der Waals surface area contributed by atoms with Gasteiger partial charge in [0.25, 0.3) is 5.91 Å². The van der Waals surface area contributed by atoms with E-state index in [-0.39, 0.29) is 11.7 Å². The summed E-state index contributed by atoms with van der Waals surface area (Å²) < 4.78 is 26.3. The molecule has 9 heteroatoms. The van der Waals surface area contributed by atoms with Crippen molar-refractivity contribution in [3.8, 4) is 17.2 Å². The van der Waals surface area contributed by atoms with Crippen molar-refractivity contribution in [1.29, 1.82) is 0 Å². The first kappa shape index (κ1) is 26.6. The highest BCUT2D eigenvalue weighted by Gasteiger charge is 2.14. The molecule has 3 aromatic carbocycles. The second-order valence-corrected chi connectivity index (χ2v) is 9.72. The monoisotopic (exact) mass is 531 g/mol. The number of nitrogens with zero attached hydrogens (tertiary/aromatic N) is 4. The molecular formula is C30H34FN5O3. The van der Waals surface area contributed by atoms with Crippen LogP contribution >= 0.6 is 0 Å². The van der Waals surface area contributed by atoms with Gasteiger partial charge in [-0.2, -0.15) is 0 Å². The number of amides is 1. The molecule has 1 fully saturated rings. The Morgan fingerprint density at radius 3 is 2.28 bits per heavy atom. The lowest BCUT2D eigenvalue weighted by molar-refractivity contribution is 0.0949. The highest BCUT2D eigenvalue weighted by atomic mass is 19.1. The molecule has 0 radical (unpaired) electrons. The fourth-order valence-corrected chi connectivity index (χ4v) is 4.59. The van der Waals surface area contributed by atoms with Crippen LogP contribution < -0.4 is 14.8 Å². The number of nitrogens with one attached hydrogen (secondary N) is 1. The van der Waals surface area contributed by atoms with Crippen LogP contribution in [-0.2, 0) is 0 Å². The largest absolute Gasteiger partial charge is 0.490 e. The molecule has 2 heterocycles. The number of imidazole rings is 1. The first-order valence-corrected chi connectivity index (χ1v) is 13.3. The van der Waals surface area contributed by atoms with Gasteiger partial charge >= 0.3 is 0 Å². The highest BCUT2D eigenvalue weighted by molar-refractivity contribution is 5.97. The zero-order chi connectivity index (χ0) is 27.0. The van der Waals surface area contributed by atoms with E-state index in [4.69, 9.17) is 9.47 Å². The lowest BCUT2D eigenvalue weighted by Crippen LogP contribution is -2.45. The number of carbonyl (C=O) groups is 1. The highest BCUT2D eigenvalue weighted by Crippen LogP contribution is 2.22. The van der Waals surface area contributed by atoms with E-state index in [2.05, 4.69) is 27.1 Å². The maximum Gasteiger partial charge on any atom is 0.251 e. The van der Waals surface area contributed by atoms with E-state index in [9.17, 15) is 9.18 Å². The van der Waals surface area contributed by atoms with Crippen LogP contribution in [-0.4, -0.2) is 84.8 Å². The smallest absolute Gasteiger partial charge is 0.251 e. The van der Waals surface area contributed by atoms with Gasteiger partial charge in [0.1, 0.15) is 36.9 Å². The fraction of sp³-hybridized carbons (Fsp3) is 0.333. The van der Waals surface area contributed by atoms with Crippen LogP contribution in [0.4, 0.5) is 4.39 Å². The average molecular weight is 532 g/mol. The zero-order valence-electron chi connectivity index (χ0n) is 22.2. The van der Waals surface area contributed by atoms with Crippen LogP contribution in [0.2, 0.25) is 0 Å². The Labute approximate surface area is 227 Å². The summed E-state index contributed by atoms with van der Waals surface area (Å²) >= 11 is 0. The number of hydrogen-bond donors (Lipinski definition) is 1. The van der Waals surface area contributed by atoms with Crippen LogP contribution in [0.25, 0.3) is 16.7 Å². The molecule has 1 aliphatic heterocycles. The van der Waals surface area contributed by atoms with Crippen molar-refractivity contribution in [2.24, 2.45) is 0 Å². The van der Waals surface area contributed by atoms with Crippen LogP contribution in [0.5, 0.6) is 11.5 Å². The van der Waals surface area contributed by atoms with Gasteiger partial charge in [-0.15, -0.1) is 0 Å². The third kappa shape index (κ3) is 7.13. The molecule has 0 aliphatic carbocycles. The molecule has 0 spiro atoms. The molecule has 4 aromatic rings. The molecule has 1 amide bonds. The third-order valence-corrected chi connectivity index (χ3v) is 6.89. The summed E-state index contributed by atoms with van der Waals surface area (Å²) in [6.07, 6.45) is 2.70. The Kier molecular flexibility index (Phi) is 8.70. The normalized spacial score (nSPS) is 14.4. The van der Waals surface area contributed by atoms with E-state index in [0.29, 0.717) is 31.1 Å². The van der Waals surface area contributed by atoms with Gasteiger partial charge in [-0.25, -0.2) is 9.37 Å². The molecule has 1 saturated heterocycles. The molecule has 0 atom stereocenters. The minimum atomic E-state index is -0.294. The van der Waals surface area contributed by atoms with Crippen LogP contribution in [0.15, 0.2) is 73.1 Å². The van der Waals surface area contributed by atoms with Gasteiger partial charge in [0, 0.05) is 44.0 Å². The number of hydrogen-bond acceptors (Lipinski definition) is 6. The Balaban J connectivity index is 1.10. The molecule has 1 aliphatic rings. The molecule has 1 N–H and O–H groups in total. The topological polar surface area (TPSA) is 71.9 Å². The third-order valence-electron chi connectivity index (χ3n) is 6.89. The van der Waals surface area contributed by atoms with E-state index < -0.39 is 0 Å². The Hall–Kier alpha value is -3.95. The first-order valence-electron chi connectivity index (χ1n) is 13.3. The number of rotatable bonds is 11. The van der Waals surface area contributed by atoms with Gasteiger partial charge in [0.15, 0.2) is 0 Å². The Bertz CT molecular complexity index is 1370. The summed E-state index contributed by atoms with van der Waals surface area (Å²) in [7, 11) is 2.15. The Morgan fingerprint density at radius 2 is 1.59 bits per heavy atom. The van der Waals surface area contributed by atoms with Gasteiger partial charge < -0.3 is 24.6 Å². The molecule has 1 aromatic heterocycles. The van der Waals surface area contributed by atoms with Crippen molar-refractivity contribution in [2.75, 3.05) is 59.5 Å². The number of ether oxygens (including phenoxy) is 2. The van der Waals surface area contributed by atoms with Crippen molar-refractivity contribution in [1.82, 2.24) is 24.7 Å². The zero-order valence-corrected chi connectivity index (χ0v) is 22.2. The van der Waals surface area contributed by atoms with Crippen LogP contribution in [0, 0.1) is 5.82 Å². The van der Waals surface area contributed by atoms with Gasteiger partial charge in [-0.05, 0) is 86.7 Å². The van der Waals surface area contributed by atoms with E-state index in [0.717, 1.165) is 61.6 Å². The second-order valence-electron chi connectivity index (χ2n) is 9.72. The van der Waals surface area contributed by atoms with Crippen molar-refractivity contribution in [3.05, 3.63) is 84.4 Å². The van der Waals surface area contributed by atoms with Gasteiger partial charge in [-0.1, -0.05) is 0 Å². The summed E-state index contributed by atoms with van der Waals surface area (Å²) in [6.45, 7) is 6.77. The standard InChI is InChI=1S/C30H34FN5O3/c1-34-15-17-35(18-16-34)14-2-13-32-30(37)23-3-12-29-28(21-23)33-22-36(29)25-6-10-27(11-7-25)39-20-19-38-26-8-4-24(31)5-9-26/h3-12,21-22H,2,13-20H2,1H3,(H,32,37). The van der Waals surface area contributed by atoms with Crippen molar-refractivity contribution in [2.45, 2.75) is 6.42 Å². The van der Waals surface area contributed by atoms with Crippen molar-refractivity contribution in [3.63, 3.8) is 0 Å². The van der Waals surface area contributed by atoms with Crippen molar-refractivity contribution < 1.29 is 18.7 Å². The predicted molar refractivity (Wildman–Crippen MR) is 149 cm³/mol. The maximum atomic E-state index is 13.0. The predicted octanol–water partition coefficient (Wildman–Crippen LogP) is 3.99. The quantitative estimate of drug-likeness (QED) is 0.295. The summed E-state index contributed by atoms with van der Waals surface area (Å²) in [5.41, 5.74) is 3.23. The van der Waals surface area contributed by atoms with Gasteiger partial charge in [0.2, 0.25) is 0 Å². The molecule has 0 bridgehead atoms. The summed E-state index contributed by atoms with van der Waals surface area (Å²) in [5.74, 6) is 0.953. The van der Waals surface area contributed by atoms with Crippen LogP contribution in [0.3, 0.4) is 0 Å². The molecule has 5 rings (SSSR count). The summed E-state index contributed by atoms with van der Waals surface area (Å²) in [6, 6.07) is 19.2. The number of piperazine rings is 1. The average Bonchev–Trinajstić information content (AvgIpc) is 3.39. The Morgan fingerprint density at radius 1 is 0.923 bits per heavy atom. The lowest BCUT2D eigenvalue weighted by Gasteiger charge is -2.32. The van der Waals surface area contributed by atoms with E-state index in [1.165, 1.54) is 12.1 Å². The van der Waals surface area contributed by atoms with E-state index >= 15 is 0 Å². The second kappa shape index (κ2) is 12.7. The van der Waals surface area contributed by atoms with Gasteiger partial charge in [-0.3, -0.25) is 9.36 Å². The summed E-state index contributed by atoms with van der Waals surface area (Å²) in [5, 5.41) is 3.04. The first-order chi connectivity index (χ1) is 19.0. The maximum absolute atomic E-state index is 13.0. The van der Waals surface area contributed by atoms with Crippen molar-refractivity contribution >= 4 is 16.9 Å². The molecule has 39 heavy (non-hydrogen) atoms. The molecular weight excluding hydrogens is 497 g/mol. The fourth-order valence-electron chi connectivity index (χ4n) is 4.59. The number of aromatic nitrogens is 2. The summed E-state index contributed by atoms with van der Waals surface area (Å²) in [4.78, 5) is 22.0. The minimum Gasteiger partial charge on any atom is -0.490 e. The molecule has 8 nitrogen and oxygen atoms in total. The number of likely N-dealkylation sites (N-methyl/N-ethyl adjacent to an activating group) is 1. The van der Waals surface area contributed by atoms with Crippen LogP contribution in [0.1, 0.15) is 16.8 Å². The molecule has 0 saturated carbocycles. The SMILES string of the molecule is CN1CCN(CCCNC(=O)c2ccc3c(c2)ncn3-c2ccc(OCCOc3ccc(F)cc3)cc2)CC1.